The van der Waals surface area contributed by atoms with E-state index in [4.69, 9.17) is 0 Å². The maximum atomic E-state index is 3.72. The molecule has 0 saturated carbocycles. The molecule has 0 aliphatic heterocycles. The van der Waals surface area contributed by atoms with Gasteiger partial charge in [-0.15, -0.1) is 13.2 Å². The molecule has 1 rings (SSSR count). The summed E-state index contributed by atoms with van der Waals surface area (Å²) in [7, 11) is 0. The van der Waals surface area contributed by atoms with E-state index in [1.165, 1.54) is 0 Å². The van der Waals surface area contributed by atoms with Crippen molar-refractivity contribution in [3.05, 3.63) is 31.0 Å². The Labute approximate surface area is 61.3 Å². The van der Waals surface area contributed by atoms with Gasteiger partial charge in [-0.3, -0.25) is 0 Å². The average molecular weight is 136 g/mol. The number of nitrogens with zero attached hydrogens (tertiary/aromatic N) is 1. The van der Waals surface area contributed by atoms with Gasteiger partial charge in [0.25, 0.3) is 0 Å². The smallest absolute Gasteiger partial charge is 0.132 e. The summed E-state index contributed by atoms with van der Waals surface area (Å²) in [4.78, 5) is 6.65. The Balaban J connectivity index is 0.000000371. The summed E-state index contributed by atoms with van der Waals surface area (Å²) in [5, 5.41) is 0. The van der Waals surface area contributed by atoms with Crippen molar-refractivity contribution >= 4 is 12.5 Å². The lowest BCUT2D eigenvalue weighted by atomic mass is 10.4. The van der Waals surface area contributed by atoms with E-state index in [2.05, 4.69) is 29.9 Å². The first kappa shape index (κ1) is 8.69. The van der Waals surface area contributed by atoms with Crippen molar-refractivity contribution in [1.29, 1.82) is 0 Å². The van der Waals surface area contributed by atoms with Crippen LogP contribution in [-0.4, -0.2) is 11.7 Å². The molecule has 54 valence electrons. The molecule has 0 fully saturated rings. The van der Waals surface area contributed by atoms with Gasteiger partial charge in [-0.1, -0.05) is 0 Å². The van der Waals surface area contributed by atoms with Crippen molar-refractivity contribution in [3.8, 4) is 0 Å². The van der Waals surface area contributed by atoms with Gasteiger partial charge in [-0.2, -0.15) is 0 Å². The van der Waals surface area contributed by atoms with Gasteiger partial charge in [-0.25, -0.2) is 4.99 Å². The lowest BCUT2D eigenvalue weighted by Crippen LogP contribution is -1.62. The highest BCUT2D eigenvalue weighted by molar-refractivity contribution is 5.45. The predicted molar refractivity (Wildman–Crippen MR) is 46.0 cm³/mol. The summed E-state index contributed by atoms with van der Waals surface area (Å²) in [6.07, 6.45) is 1.85. The van der Waals surface area contributed by atoms with E-state index in [1.807, 2.05) is 19.2 Å². The van der Waals surface area contributed by atoms with Crippen molar-refractivity contribution in [2.75, 3.05) is 0 Å². The van der Waals surface area contributed by atoms with Gasteiger partial charge in [0, 0.05) is 6.20 Å². The zero-order valence-corrected chi connectivity index (χ0v) is 6.22. The molecule has 1 N–H and O–H groups in total. The lowest BCUT2D eigenvalue weighted by molar-refractivity contribution is 1.32. The molecular weight excluding hydrogens is 124 g/mol. The third-order valence-corrected chi connectivity index (χ3v) is 1.09. The number of aliphatic imine (C=N–C) groups is 1. The standard InChI is InChI=1S/C6H8N2.C2H4/c1-5-3-4-8-6(5)7-2;1-2/h3-4,8H,2H2,1H3;1-2H2. The fraction of sp³-hybridized carbons (Fsp3) is 0.125. The SMILES string of the molecule is C=C.C=Nc1[nH]ccc1C. The van der Waals surface area contributed by atoms with Crippen molar-refractivity contribution in [2.24, 2.45) is 4.99 Å². The molecule has 2 heteroatoms. The Hall–Kier alpha value is -1.31. The number of aromatic nitrogens is 1. The van der Waals surface area contributed by atoms with Crippen molar-refractivity contribution < 1.29 is 0 Å². The third-order valence-electron chi connectivity index (χ3n) is 1.09. The largest absolute Gasteiger partial charge is 0.346 e. The van der Waals surface area contributed by atoms with E-state index in [-0.39, 0.29) is 0 Å². The molecule has 0 unspecified atom stereocenters. The molecule has 1 aromatic heterocycles. The van der Waals surface area contributed by atoms with Crippen LogP contribution >= 0.6 is 0 Å². The fourth-order valence-corrected chi connectivity index (χ4v) is 0.609. The Morgan fingerprint density at radius 1 is 1.50 bits per heavy atom. The van der Waals surface area contributed by atoms with Crippen LogP contribution in [0.15, 0.2) is 30.4 Å². The van der Waals surface area contributed by atoms with Gasteiger partial charge in [0.05, 0.1) is 0 Å². The average Bonchev–Trinajstić information content (AvgIpc) is 2.39. The second kappa shape index (κ2) is 4.56. The maximum absolute atomic E-state index is 3.72. The molecule has 0 spiro atoms. The van der Waals surface area contributed by atoms with Gasteiger partial charge >= 0.3 is 0 Å². The van der Waals surface area contributed by atoms with Crippen LogP contribution in [0.25, 0.3) is 0 Å². The quantitative estimate of drug-likeness (QED) is 0.454. The highest BCUT2D eigenvalue weighted by Crippen LogP contribution is 2.12. The number of hydrogen-bond acceptors (Lipinski definition) is 1. The molecule has 0 saturated heterocycles. The maximum Gasteiger partial charge on any atom is 0.132 e. The molecule has 0 aromatic carbocycles. The van der Waals surface area contributed by atoms with Gasteiger partial charge < -0.3 is 4.98 Å². The minimum atomic E-state index is 0.866. The molecule has 0 aliphatic rings. The second-order valence-electron chi connectivity index (χ2n) is 1.67. The summed E-state index contributed by atoms with van der Waals surface area (Å²) >= 11 is 0. The topological polar surface area (TPSA) is 28.1 Å². The van der Waals surface area contributed by atoms with Crippen molar-refractivity contribution in [3.63, 3.8) is 0 Å². The van der Waals surface area contributed by atoms with Crippen molar-refractivity contribution in [1.82, 2.24) is 4.98 Å². The van der Waals surface area contributed by atoms with Crippen LogP contribution in [0.5, 0.6) is 0 Å². The Morgan fingerprint density at radius 2 is 2.10 bits per heavy atom. The van der Waals surface area contributed by atoms with Crippen LogP contribution in [0.4, 0.5) is 5.82 Å². The summed E-state index contributed by atoms with van der Waals surface area (Å²) in [6.45, 7) is 11.4. The Kier molecular flexibility index (Phi) is 3.96. The van der Waals surface area contributed by atoms with E-state index in [1.54, 1.807) is 0 Å². The highest BCUT2D eigenvalue weighted by Gasteiger charge is 1.90. The van der Waals surface area contributed by atoms with Crippen LogP contribution < -0.4 is 0 Å². The van der Waals surface area contributed by atoms with Crippen LogP contribution in [0, 0.1) is 6.92 Å². The minimum Gasteiger partial charge on any atom is -0.346 e. The Bertz CT molecular complexity index is 201. The van der Waals surface area contributed by atoms with Gasteiger partial charge in [0.2, 0.25) is 0 Å². The molecule has 0 radical (unpaired) electrons. The number of nitrogens with one attached hydrogen (secondary N) is 1. The number of aromatic amines is 1. The molecule has 1 aromatic rings. The molecule has 10 heavy (non-hydrogen) atoms. The first-order valence-corrected chi connectivity index (χ1v) is 2.95. The first-order valence-electron chi connectivity index (χ1n) is 2.95. The third kappa shape index (κ3) is 1.90. The zero-order valence-electron chi connectivity index (χ0n) is 6.22. The molecule has 1 heterocycles. The summed E-state index contributed by atoms with van der Waals surface area (Å²) in [6, 6.07) is 1.96. The number of hydrogen-bond donors (Lipinski definition) is 1. The molecular formula is C8H12N2. The molecule has 2 nitrogen and oxygen atoms in total. The second-order valence-corrected chi connectivity index (χ2v) is 1.67. The molecule has 0 amide bonds. The monoisotopic (exact) mass is 136 g/mol. The highest BCUT2D eigenvalue weighted by atomic mass is 14.9. The molecule has 0 bridgehead atoms. The summed E-state index contributed by atoms with van der Waals surface area (Å²) in [5.41, 5.74) is 1.14. The van der Waals surface area contributed by atoms with Gasteiger partial charge in [-0.05, 0) is 25.3 Å². The van der Waals surface area contributed by atoms with Crippen LogP contribution in [-0.2, 0) is 0 Å². The number of aryl methyl sites for hydroxylation is 1. The predicted octanol–water partition coefficient (Wildman–Crippen LogP) is 2.46. The number of H-pyrrole nitrogens is 1. The van der Waals surface area contributed by atoms with Crippen molar-refractivity contribution in [2.45, 2.75) is 6.92 Å². The van der Waals surface area contributed by atoms with E-state index in [0.29, 0.717) is 0 Å². The lowest BCUT2D eigenvalue weighted by Gasteiger charge is -1.83. The fourth-order valence-electron chi connectivity index (χ4n) is 0.609. The number of rotatable bonds is 1. The summed E-state index contributed by atoms with van der Waals surface area (Å²) < 4.78 is 0. The van der Waals surface area contributed by atoms with E-state index in [9.17, 15) is 0 Å². The first-order chi connectivity index (χ1) is 4.84. The summed E-state index contributed by atoms with van der Waals surface area (Å²) in [5.74, 6) is 0.866. The Morgan fingerprint density at radius 3 is 2.30 bits per heavy atom. The van der Waals surface area contributed by atoms with E-state index < -0.39 is 0 Å². The molecule has 0 atom stereocenters. The van der Waals surface area contributed by atoms with Crippen LogP contribution in [0.1, 0.15) is 5.56 Å². The normalized spacial score (nSPS) is 7.70. The van der Waals surface area contributed by atoms with E-state index in [0.717, 1.165) is 11.4 Å². The van der Waals surface area contributed by atoms with E-state index >= 15 is 0 Å². The zero-order chi connectivity index (χ0) is 7.98. The van der Waals surface area contributed by atoms with Crippen LogP contribution in [0.3, 0.4) is 0 Å². The van der Waals surface area contributed by atoms with Crippen LogP contribution in [0.2, 0.25) is 0 Å². The molecule has 0 aliphatic carbocycles. The minimum absolute atomic E-state index is 0.866. The van der Waals surface area contributed by atoms with Gasteiger partial charge in [0.15, 0.2) is 0 Å². The van der Waals surface area contributed by atoms with Gasteiger partial charge in [0.1, 0.15) is 5.82 Å².